The maximum Gasteiger partial charge on any atom is 0.272 e. The van der Waals surface area contributed by atoms with Crippen molar-refractivity contribution in [2.24, 2.45) is 5.41 Å². The van der Waals surface area contributed by atoms with Crippen molar-refractivity contribution >= 4 is 63.9 Å². The van der Waals surface area contributed by atoms with Gasteiger partial charge in [0.2, 0.25) is 11.8 Å². The Hall–Kier alpha value is -1.91. The highest BCUT2D eigenvalue weighted by molar-refractivity contribution is 7.13. The smallest absolute Gasteiger partial charge is 0.272 e. The number of thiazole rings is 1. The molecule has 0 spiro atoms. The van der Waals surface area contributed by atoms with E-state index in [1.165, 1.54) is 4.90 Å². The maximum absolute atomic E-state index is 13.5. The van der Waals surface area contributed by atoms with Crippen molar-refractivity contribution < 1.29 is 19.5 Å². The summed E-state index contributed by atoms with van der Waals surface area (Å²) in [5.74, 6) is -1.88. The summed E-state index contributed by atoms with van der Waals surface area (Å²) in [5.41, 5.74) is 3.94. The molecule has 3 unspecified atom stereocenters. The minimum atomic E-state index is -2.25. The number of β-amino-alcohol motifs (C(OH)–C–C–N with tert-alkyl or cyclic N) is 1. The third-order valence-corrected chi connectivity index (χ3v) is 7.43. The number of aromatic nitrogens is 1. The highest BCUT2D eigenvalue weighted by Gasteiger charge is 2.46. The number of halogens is 3. The topological polar surface area (TPSA) is 112 Å². The average molecular weight is 576 g/mol. The molecule has 1 fully saturated rings. The molecule has 3 amide bonds. The molecule has 1 aliphatic rings. The van der Waals surface area contributed by atoms with Crippen LogP contribution in [0.5, 0.6) is 0 Å². The van der Waals surface area contributed by atoms with Gasteiger partial charge in [0, 0.05) is 19.5 Å². The van der Waals surface area contributed by atoms with Crippen LogP contribution in [0, 0.1) is 12.3 Å². The monoisotopic (exact) mass is 574 g/mol. The summed E-state index contributed by atoms with van der Waals surface area (Å²) in [6.45, 7) is 7.39. The predicted molar refractivity (Wildman–Crippen MR) is 142 cm³/mol. The molecule has 36 heavy (non-hydrogen) atoms. The zero-order chi connectivity index (χ0) is 26.8. The number of nitrogens with one attached hydrogen (secondary N) is 2. The van der Waals surface area contributed by atoms with Gasteiger partial charge in [-0.3, -0.25) is 14.4 Å². The zero-order valence-electron chi connectivity index (χ0n) is 20.3. The van der Waals surface area contributed by atoms with Gasteiger partial charge in [0.25, 0.3) is 9.70 Å². The van der Waals surface area contributed by atoms with Crippen LogP contribution in [0.4, 0.5) is 0 Å². The van der Waals surface area contributed by atoms with Crippen molar-refractivity contribution in [3.05, 3.63) is 41.0 Å². The van der Waals surface area contributed by atoms with Crippen LogP contribution in [0.1, 0.15) is 38.4 Å². The Balaban J connectivity index is 1.69. The molecule has 1 saturated heterocycles. The van der Waals surface area contributed by atoms with Crippen molar-refractivity contribution in [1.82, 2.24) is 20.5 Å². The molecule has 3 atom stereocenters. The van der Waals surface area contributed by atoms with Gasteiger partial charge in [-0.25, -0.2) is 4.98 Å². The predicted octanol–water partition coefficient (Wildman–Crippen LogP) is 3.60. The van der Waals surface area contributed by atoms with Crippen LogP contribution in [-0.2, 0) is 20.9 Å². The SMILES string of the molecule is Cc1ncsc1-c1ccc(CNC(=O)C2CC(O)CN2C(=O)C(NC(=O)C(Cl)(Cl)Cl)C(C)(C)C)cc1. The fraction of sp³-hybridized carbons (Fsp3) is 0.500. The van der Waals surface area contributed by atoms with Crippen LogP contribution >= 0.6 is 46.1 Å². The zero-order valence-corrected chi connectivity index (χ0v) is 23.4. The number of carbonyl (C=O) groups excluding carboxylic acids is 3. The maximum atomic E-state index is 13.5. The van der Waals surface area contributed by atoms with E-state index in [-0.39, 0.29) is 19.5 Å². The number of nitrogens with zero attached hydrogens (tertiary/aromatic N) is 2. The molecule has 1 aromatic heterocycles. The van der Waals surface area contributed by atoms with E-state index in [2.05, 4.69) is 15.6 Å². The number of amides is 3. The fourth-order valence-electron chi connectivity index (χ4n) is 3.99. The molecule has 0 aliphatic carbocycles. The summed E-state index contributed by atoms with van der Waals surface area (Å²) in [7, 11) is 0. The molecule has 12 heteroatoms. The first kappa shape index (κ1) is 28.7. The standard InChI is InChI=1S/C24H29Cl3N4O4S/c1-13-18(36-12-29-13)15-7-5-14(6-8-15)10-28-20(33)17-9-16(32)11-31(17)21(34)19(23(2,3)4)30-22(35)24(25,26)27/h5-8,12,16-17,19,32H,9-11H2,1-4H3,(H,28,33)(H,30,35). The molecule has 1 aromatic carbocycles. The lowest BCUT2D eigenvalue weighted by atomic mass is 9.85. The third kappa shape index (κ3) is 6.89. The quantitative estimate of drug-likeness (QED) is 0.456. The molecule has 8 nitrogen and oxygen atoms in total. The third-order valence-electron chi connectivity index (χ3n) is 5.94. The van der Waals surface area contributed by atoms with Crippen LogP contribution < -0.4 is 10.6 Å². The highest BCUT2D eigenvalue weighted by Crippen LogP contribution is 2.30. The molecular weight excluding hydrogens is 547 g/mol. The molecule has 196 valence electrons. The lowest BCUT2D eigenvalue weighted by Crippen LogP contribution is -2.59. The van der Waals surface area contributed by atoms with Crippen LogP contribution in [-0.4, -0.2) is 61.2 Å². The first-order valence-corrected chi connectivity index (χ1v) is 13.3. The van der Waals surface area contributed by atoms with Crippen LogP contribution in [0.2, 0.25) is 0 Å². The molecule has 2 aromatic rings. The Kier molecular flexibility index (Phi) is 8.94. The molecule has 0 bridgehead atoms. The van der Waals surface area contributed by atoms with E-state index in [9.17, 15) is 19.5 Å². The normalized spacial score (nSPS) is 19.2. The van der Waals surface area contributed by atoms with Gasteiger partial charge in [-0.15, -0.1) is 11.3 Å². The summed E-state index contributed by atoms with van der Waals surface area (Å²) in [5, 5.41) is 15.6. The minimum Gasteiger partial charge on any atom is -0.391 e. The number of benzene rings is 1. The number of alkyl halides is 3. The molecule has 1 aliphatic heterocycles. The summed E-state index contributed by atoms with van der Waals surface area (Å²) in [6.07, 6.45) is -0.799. The molecule has 0 radical (unpaired) electrons. The summed E-state index contributed by atoms with van der Waals surface area (Å²) in [4.78, 5) is 45.4. The lowest BCUT2D eigenvalue weighted by molar-refractivity contribution is -0.144. The largest absolute Gasteiger partial charge is 0.391 e. The van der Waals surface area contributed by atoms with Gasteiger partial charge in [0.1, 0.15) is 12.1 Å². The van der Waals surface area contributed by atoms with Gasteiger partial charge in [-0.2, -0.15) is 0 Å². The number of carbonyl (C=O) groups is 3. The Morgan fingerprint density at radius 2 is 1.83 bits per heavy atom. The first-order valence-electron chi connectivity index (χ1n) is 11.3. The van der Waals surface area contributed by atoms with Gasteiger partial charge in [0.05, 0.1) is 22.2 Å². The van der Waals surface area contributed by atoms with Gasteiger partial charge in [-0.1, -0.05) is 79.8 Å². The Labute approximate surface area is 229 Å². The van der Waals surface area contributed by atoms with Crippen LogP contribution in [0.3, 0.4) is 0 Å². The average Bonchev–Trinajstić information content (AvgIpc) is 3.39. The number of aliphatic hydroxyl groups excluding tert-OH is 1. The number of aliphatic hydroxyl groups is 1. The van der Waals surface area contributed by atoms with Gasteiger partial charge in [0.15, 0.2) is 0 Å². The number of rotatable bonds is 6. The molecule has 3 rings (SSSR count). The Morgan fingerprint density at radius 3 is 2.36 bits per heavy atom. The van der Waals surface area contributed by atoms with Crippen molar-refractivity contribution in [3.8, 4) is 10.4 Å². The fourth-order valence-corrected chi connectivity index (χ4v) is 4.97. The number of hydrogen-bond donors (Lipinski definition) is 3. The van der Waals surface area contributed by atoms with E-state index in [0.717, 1.165) is 21.7 Å². The van der Waals surface area contributed by atoms with E-state index in [1.54, 1.807) is 37.6 Å². The van der Waals surface area contributed by atoms with E-state index < -0.39 is 45.1 Å². The van der Waals surface area contributed by atoms with Crippen molar-refractivity contribution in [3.63, 3.8) is 0 Å². The second-order valence-corrected chi connectivity index (χ2v) is 13.0. The van der Waals surface area contributed by atoms with Crippen LogP contribution in [0.15, 0.2) is 29.8 Å². The number of aryl methyl sites for hydroxylation is 1. The van der Waals surface area contributed by atoms with Gasteiger partial charge in [-0.05, 0) is 23.5 Å². The minimum absolute atomic E-state index is 0.0456. The van der Waals surface area contributed by atoms with Crippen molar-refractivity contribution in [2.45, 2.75) is 62.6 Å². The second-order valence-electron chi connectivity index (χ2n) is 9.85. The van der Waals surface area contributed by atoms with Crippen molar-refractivity contribution in [2.75, 3.05) is 6.54 Å². The van der Waals surface area contributed by atoms with E-state index in [1.807, 2.05) is 31.2 Å². The molecule has 3 N–H and O–H groups in total. The number of hydrogen-bond acceptors (Lipinski definition) is 6. The summed E-state index contributed by atoms with van der Waals surface area (Å²) < 4.78 is -2.25. The second kappa shape index (κ2) is 11.2. The van der Waals surface area contributed by atoms with Crippen molar-refractivity contribution in [1.29, 1.82) is 0 Å². The van der Waals surface area contributed by atoms with E-state index in [4.69, 9.17) is 34.8 Å². The Morgan fingerprint density at radius 1 is 1.19 bits per heavy atom. The number of likely N-dealkylation sites (tertiary alicyclic amines) is 1. The van der Waals surface area contributed by atoms with Gasteiger partial charge < -0.3 is 20.6 Å². The summed E-state index contributed by atoms with van der Waals surface area (Å²) >= 11 is 18.6. The molecule has 2 heterocycles. The van der Waals surface area contributed by atoms with E-state index >= 15 is 0 Å². The van der Waals surface area contributed by atoms with E-state index in [0.29, 0.717) is 0 Å². The van der Waals surface area contributed by atoms with Crippen LogP contribution in [0.25, 0.3) is 10.4 Å². The van der Waals surface area contributed by atoms with Gasteiger partial charge >= 0.3 is 0 Å². The molecular formula is C24H29Cl3N4O4S. The summed E-state index contributed by atoms with van der Waals surface area (Å²) in [6, 6.07) is 5.80. The first-order chi connectivity index (χ1) is 16.7. The Bertz CT molecular complexity index is 1110. The lowest BCUT2D eigenvalue weighted by Gasteiger charge is -2.35. The highest BCUT2D eigenvalue weighted by atomic mass is 35.6. The molecule has 0 saturated carbocycles.